The van der Waals surface area contributed by atoms with Crippen LogP contribution in [0, 0.1) is 0 Å². The zero-order valence-corrected chi connectivity index (χ0v) is 13.4. The molecule has 0 unspecified atom stereocenters. The van der Waals surface area contributed by atoms with E-state index in [0.717, 1.165) is 42.2 Å². The molecule has 0 saturated heterocycles. The van der Waals surface area contributed by atoms with Crippen LogP contribution >= 0.6 is 0 Å². The molecule has 1 aromatic carbocycles. The van der Waals surface area contributed by atoms with Crippen LogP contribution in [0.2, 0.25) is 0 Å². The molecule has 2 aromatic rings. The van der Waals surface area contributed by atoms with Crippen molar-refractivity contribution in [3.05, 3.63) is 24.3 Å². The fourth-order valence-electron chi connectivity index (χ4n) is 2.37. The summed E-state index contributed by atoms with van der Waals surface area (Å²) in [4.78, 5) is 11.6. The van der Waals surface area contributed by atoms with Gasteiger partial charge in [-0.3, -0.25) is 0 Å². The topological polar surface area (TPSA) is 41.1 Å². The SMILES string of the molecule is CCCCCN(C)c1nc(NCCC)nc2ccccc12. The quantitative estimate of drug-likeness (QED) is 0.742. The Morgan fingerprint density at radius 3 is 2.62 bits per heavy atom. The molecule has 0 spiro atoms. The van der Waals surface area contributed by atoms with Gasteiger partial charge in [0, 0.05) is 25.5 Å². The number of aromatic nitrogens is 2. The molecule has 2 rings (SSSR count). The number of para-hydroxylation sites is 1. The van der Waals surface area contributed by atoms with Gasteiger partial charge in [0.2, 0.25) is 5.95 Å². The maximum absolute atomic E-state index is 4.72. The fourth-order valence-corrected chi connectivity index (χ4v) is 2.37. The van der Waals surface area contributed by atoms with E-state index in [4.69, 9.17) is 4.98 Å². The number of benzene rings is 1. The van der Waals surface area contributed by atoms with Gasteiger partial charge in [-0.05, 0) is 25.0 Å². The highest BCUT2D eigenvalue weighted by atomic mass is 15.2. The van der Waals surface area contributed by atoms with Gasteiger partial charge in [-0.15, -0.1) is 0 Å². The highest BCUT2D eigenvalue weighted by Gasteiger charge is 2.10. The van der Waals surface area contributed by atoms with Gasteiger partial charge in [-0.25, -0.2) is 4.98 Å². The smallest absolute Gasteiger partial charge is 0.225 e. The van der Waals surface area contributed by atoms with Crippen LogP contribution in [0.15, 0.2) is 24.3 Å². The molecule has 1 N–H and O–H groups in total. The van der Waals surface area contributed by atoms with Crippen molar-refractivity contribution in [1.29, 1.82) is 0 Å². The van der Waals surface area contributed by atoms with E-state index < -0.39 is 0 Å². The normalized spacial score (nSPS) is 10.8. The van der Waals surface area contributed by atoms with Gasteiger partial charge in [0.05, 0.1) is 5.52 Å². The van der Waals surface area contributed by atoms with Crippen molar-refractivity contribution in [3.63, 3.8) is 0 Å². The van der Waals surface area contributed by atoms with E-state index >= 15 is 0 Å². The molecule has 114 valence electrons. The molecule has 0 fully saturated rings. The van der Waals surface area contributed by atoms with E-state index in [0.29, 0.717) is 0 Å². The van der Waals surface area contributed by atoms with Crippen LogP contribution in [-0.2, 0) is 0 Å². The minimum absolute atomic E-state index is 0.730. The van der Waals surface area contributed by atoms with Crippen molar-refractivity contribution >= 4 is 22.7 Å². The first-order chi connectivity index (χ1) is 10.3. The largest absolute Gasteiger partial charge is 0.359 e. The zero-order valence-electron chi connectivity index (χ0n) is 13.4. The van der Waals surface area contributed by atoms with E-state index in [1.807, 2.05) is 12.1 Å². The van der Waals surface area contributed by atoms with Gasteiger partial charge >= 0.3 is 0 Å². The van der Waals surface area contributed by atoms with Gasteiger partial charge in [-0.2, -0.15) is 4.98 Å². The molecule has 0 bridgehead atoms. The molecule has 0 atom stereocenters. The second-order valence-electron chi connectivity index (χ2n) is 5.44. The van der Waals surface area contributed by atoms with Gasteiger partial charge in [0.1, 0.15) is 5.82 Å². The molecule has 0 aliphatic carbocycles. The first-order valence-electron chi connectivity index (χ1n) is 7.98. The summed E-state index contributed by atoms with van der Waals surface area (Å²) < 4.78 is 0. The highest BCUT2D eigenvalue weighted by molar-refractivity contribution is 5.90. The Morgan fingerprint density at radius 1 is 1.05 bits per heavy atom. The first-order valence-corrected chi connectivity index (χ1v) is 7.98. The Morgan fingerprint density at radius 2 is 1.86 bits per heavy atom. The number of nitrogens with zero attached hydrogens (tertiary/aromatic N) is 3. The predicted octanol–water partition coefficient (Wildman–Crippen LogP) is 4.08. The van der Waals surface area contributed by atoms with Gasteiger partial charge in [0.15, 0.2) is 0 Å². The monoisotopic (exact) mass is 286 g/mol. The molecule has 0 radical (unpaired) electrons. The first kappa shape index (κ1) is 15.5. The Hall–Kier alpha value is -1.84. The number of hydrogen-bond acceptors (Lipinski definition) is 4. The van der Waals surface area contributed by atoms with Gasteiger partial charge in [0.25, 0.3) is 0 Å². The molecular weight excluding hydrogens is 260 g/mol. The molecular formula is C17H26N4. The lowest BCUT2D eigenvalue weighted by Gasteiger charge is -2.20. The van der Waals surface area contributed by atoms with Crippen molar-refractivity contribution in [2.45, 2.75) is 39.5 Å². The van der Waals surface area contributed by atoms with Crippen molar-refractivity contribution < 1.29 is 0 Å². The second-order valence-corrected chi connectivity index (χ2v) is 5.44. The predicted molar refractivity (Wildman–Crippen MR) is 91.1 cm³/mol. The number of nitrogens with one attached hydrogen (secondary N) is 1. The number of unbranched alkanes of at least 4 members (excludes halogenated alkanes) is 2. The maximum Gasteiger partial charge on any atom is 0.225 e. The minimum atomic E-state index is 0.730. The molecule has 4 nitrogen and oxygen atoms in total. The van der Waals surface area contributed by atoms with Crippen LogP contribution in [-0.4, -0.2) is 30.1 Å². The standard InChI is InChI=1S/C17H26N4/c1-4-6-9-13-21(3)16-14-10-7-8-11-15(14)19-17(20-16)18-12-5-2/h7-8,10-11H,4-6,9,12-13H2,1-3H3,(H,18,19,20). The van der Waals surface area contributed by atoms with Crippen LogP contribution in [0.1, 0.15) is 39.5 Å². The lowest BCUT2D eigenvalue weighted by Crippen LogP contribution is -2.21. The van der Waals surface area contributed by atoms with Crippen LogP contribution < -0.4 is 10.2 Å². The molecule has 1 aromatic heterocycles. The molecule has 0 aliphatic heterocycles. The highest BCUT2D eigenvalue weighted by Crippen LogP contribution is 2.24. The summed E-state index contributed by atoms with van der Waals surface area (Å²) in [5.74, 6) is 1.75. The lowest BCUT2D eigenvalue weighted by molar-refractivity contribution is 0.702. The minimum Gasteiger partial charge on any atom is -0.359 e. The Balaban J connectivity index is 2.29. The summed E-state index contributed by atoms with van der Waals surface area (Å²) in [6.45, 7) is 6.30. The molecule has 0 amide bonds. The third-order valence-corrected chi connectivity index (χ3v) is 3.57. The average Bonchev–Trinajstić information content (AvgIpc) is 2.52. The van der Waals surface area contributed by atoms with Crippen molar-refractivity contribution in [2.24, 2.45) is 0 Å². The van der Waals surface area contributed by atoms with Crippen LogP contribution in [0.4, 0.5) is 11.8 Å². The van der Waals surface area contributed by atoms with Crippen LogP contribution in [0.3, 0.4) is 0 Å². The summed E-state index contributed by atoms with van der Waals surface area (Å²) >= 11 is 0. The Kier molecular flexibility index (Phi) is 5.78. The molecule has 1 heterocycles. The van der Waals surface area contributed by atoms with E-state index in [1.54, 1.807) is 0 Å². The second kappa shape index (κ2) is 7.81. The number of hydrogen-bond donors (Lipinski definition) is 1. The summed E-state index contributed by atoms with van der Waals surface area (Å²) in [5, 5.41) is 4.42. The zero-order chi connectivity index (χ0) is 15.1. The molecule has 4 heteroatoms. The summed E-state index contributed by atoms with van der Waals surface area (Å²) in [7, 11) is 2.12. The van der Waals surface area contributed by atoms with Crippen LogP contribution in [0.5, 0.6) is 0 Å². The number of fused-ring (bicyclic) bond motifs is 1. The van der Waals surface area contributed by atoms with Gasteiger partial charge in [-0.1, -0.05) is 38.8 Å². The summed E-state index contributed by atoms with van der Waals surface area (Å²) in [6, 6.07) is 8.23. The number of anilines is 2. The maximum atomic E-state index is 4.72. The summed E-state index contributed by atoms with van der Waals surface area (Å²) in [6.07, 6.45) is 4.76. The van der Waals surface area contributed by atoms with Crippen molar-refractivity contribution in [3.8, 4) is 0 Å². The van der Waals surface area contributed by atoms with Crippen molar-refractivity contribution in [2.75, 3.05) is 30.4 Å². The van der Waals surface area contributed by atoms with E-state index in [2.05, 4.69) is 48.2 Å². The summed E-state index contributed by atoms with van der Waals surface area (Å²) in [5.41, 5.74) is 1.00. The Labute approximate surface area is 127 Å². The third-order valence-electron chi connectivity index (χ3n) is 3.57. The third kappa shape index (κ3) is 4.06. The van der Waals surface area contributed by atoms with Gasteiger partial charge < -0.3 is 10.2 Å². The average molecular weight is 286 g/mol. The van der Waals surface area contributed by atoms with E-state index in [9.17, 15) is 0 Å². The molecule has 0 aliphatic rings. The Bertz CT molecular complexity index is 568. The fraction of sp³-hybridized carbons (Fsp3) is 0.529. The molecule has 0 saturated carbocycles. The molecule has 21 heavy (non-hydrogen) atoms. The van der Waals surface area contributed by atoms with Crippen LogP contribution in [0.25, 0.3) is 10.9 Å². The number of rotatable bonds is 8. The van der Waals surface area contributed by atoms with E-state index in [1.165, 1.54) is 19.3 Å². The van der Waals surface area contributed by atoms with Crippen molar-refractivity contribution in [1.82, 2.24) is 9.97 Å². The van der Waals surface area contributed by atoms with E-state index in [-0.39, 0.29) is 0 Å². The lowest BCUT2D eigenvalue weighted by atomic mass is 10.2.